The Labute approximate surface area is 118 Å². The second-order valence-electron chi connectivity index (χ2n) is 5.56. The maximum Gasteiger partial charge on any atom is 0.271 e. The van der Waals surface area contributed by atoms with Crippen LogP contribution in [0.2, 0.25) is 0 Å². The van der Waals surface area contributed by atoms with Crippen LogP contribution in [0.5, 0.6) is 0 Å². The predicted octanol–water partition coefficient (Wildman–Crippen LogP) is 1.15. The molecule has 5 heteroatoms. The van der Waals surface area contributed by atoms with Crippen LogP contribution in [-0.2, 0) is 16.2 Å². The number of rotatable bonds is 3. The zero-order valence-corrected chi connectivity index (χ0v) is 11.6. The van der Waals surface area contributed by atoms with E-state index in [9.17, 15) is 4.79 Å². The van der Waals surface area contributed by atoms with Crippen LogP contribution in [0.1, 0.15) is 18.4 Å². The number of nitrogens with zero attached hydrogens (tertiary/aromatic N) is 2. The fraction of sp³-hybridized carbons (Fsp3) is 0.467. The summed E-state index contributed by atoms with van der Waals surface area (Å²) in [6.45, 7) is 2.29. The lowest BCUT2D eigenvalue weighted by Crippen LogP contribution is -2.36. The molecule has 1 aromatic carbocycles. The number of oxime groups is 1. The van der Waals surface area contributed by atoms with E-state index in [2.05, 4.69) is 10.5 Å². The summed E-state index contributed by atoms with van der Waals surface area (Å²) in [7, 11) is 1.80. The van der Waals surface area contributed by atoms with E-state index in [1.54, 1.807) is 11.9 Å². The van der Waals surface area contributed by atoms with E-state index in [1.165, 1.54) is 0 Å². The van der Waals surface area contributed by atoms with Crippen molar-refractivity contribution in [3.63, 3.8) is 0 Å². The van der Waals surface area contributed by atoms with E-state index in [1.807, 2.05) is 30.3 Å². The predicted molar refractivity (Wildman–Crippen MR) is 76.3 cm³/mol. The lowest BCUT2D eigenvalue weighted by atomic mass is 9.96. The monoisotopic (exact) mass is 273 g/mol. The van der Waals surface area contributed by atoms with Gasteiger partial charge < -0.3 is 15.1 Å². The summed E-state index contributed by atoms with van der Waals surface area (Å²) < 4.78 is 0. The highest BCUT2D eigenvalue weighted by Gasteiger charge is 2.44. The standard InChI is InChI=1S/C15H19N3O2/c1-18(10-12-5-3-2-4-6-12)14(19)13-9-15(20-17-13)7-8-16-11-15/h2-6,16H,7-11H2,1H3/t15-/m1/s1. The van der Waals surface area contributed by atoms with Gasteiger partial charge in [0.25, 0.3) is 5.91 Å². The second-order valence-corrected chi connectivity index (χ2v) is 5.56. The first-order valence-corrected chi connectivity index (χ1v) is 6.94. The van der Waals surface area contributed by atoms with Gasteiger partial charge in [-0.05, 0) is 12.1 Å². The van der Waals surface area contributed by atoms with Crippen LogP contribution in [0.25, 0.3) is 0 Å². The largest absolute Gasteiger partial charge is 0.387 e. The molecular weight excluding hydrogens is 254 g/mol. The normalized spacial score (nSPS) is 24.6. The van der Waals surface area contributed by atoms with Crippen molar-refractivity contribution in [1.82, 2.24) is 10.2 Å². The van der Waals surface area contributed by atoms with E-state index < -0.39 is 0 Å². The summed E-state index contributed by atoms with van der Waals surface area (Å²) in [4.78, 5) is 19.6. The Kier molecular flexibility index (Phi) is 3.44. The molecular formula is C15H19N3O2. The van der Waals surface area contributed by atoms with E-state index in [4.69, 9.17) is 4.84 Å². The molecule has 0 radical (unpaired) electrons. The van der Waals surface area contributed by atoms with Crippen molar-refractivity contribution in [2.24, 2.45) is 5.16 Å². The molecule has 0 aromatic heterocycles. The highest BCUT2D eigenvalue weighted by Crippen LogP contribution is 2.30. The van der Waals surface area contributed by atoms with Gasteiger partial charge in [-0.1, -0.05) is 35.5 Å². The van der Waals surface area contributed by atoms with Crippen molar-refractivity contribution in [1.29, 1.82) is 0 Å². The fourth-order valence-electron chi connectivity index (χ4n) is 2.74. The first-order valence-electron chi connectivity index (χ1n) is 6.94. The number of carbonyl (C=O) groups excluding carboxylic acids is 1. The van der Waals surface area contributed by atoms with Crippen LogP contribution in [0.4, 0.5) is 0 Å². The van der Waals surface area contributed by atoms with E-state index in [-0.39, 0.29) is 11.5 Å². The number of carbonyl (C=O) groups is 1. The molecule has 1 atom stereocenters. The van der Waals surface area contributed by atoms with Gasteiger partial charge in [-0.25, -0.2) is 0 Å². The zero-order chi connectivity index (χ0) is 14.0. The van der Waals surface area contributed by atoms with Crippen LogP contribution >= 0.6 is 0 Å². The second kappa shape index (κ2) is 5.25. The summed E-state index contributed by atoms with van der Waals surface area (Å²) in [5.74, 6) is -0.0439. The quantitative estimate of drug-likeness (QED) is 0.899. The Hall–Kier alpha value is -1.88. The molecule has 0 aliphatic carbocycles. The Morgan fingerprint density at radius 1 is 1.45 bits per heavy atom. The fourth-order valence-corrected chi connectivity index (χ4v) is 2.74. The smallest absolute Gasteiger partial charge is 0.271 e. The average molecular weight is 273 g/mol. The minimum atomic E-state index is -0.279. The van der Waals surface area contributed by atoms with Crippen molar-refractivity contribution in [2.75, 3.05) is 20.1 Å². The van der Waals surface area contributed by atoms with Crippen LogP contribution in [0, 0.1) is 0 Å². The molecule has 1 N–H and O–H groups in total. The molecule has 2 aliphatic rings. The van der Waals surface area contributed by atoms with Gasteiger partial charge in [0.15, 0.2) is 5.60 Å². The lowest BCUT2D eigenvalue weighted by molar-refractivity contribution is -0.123. The maximum absolute atomic E-state index is 12.4. The molecule has 0 bridgehead atoms. The SMILES string of the molecule is CN(Cc1ccccc1)C(=O)C1=NO[C@]2(CCNC2)C1. The lowest BCUT2D eigenvalue weighted by Gasteiger charge is -2.19. The topological polar surface area (TPSA) is 53.9 Å². The third-order valence-corrected chi connectivity index (χ3v) is 3.90. The molecule has 1 aromatic rings. The van der Waals surface area contributed by atoms with Gasteiger partial charge in [-0.15, -0.1) is 0 Å². The first-order chi connectivity index (χ1) is 9.69. The number of hydrogen-bond acceptors (Lipinski definition) is 4. The van der Waals surface area contributed by atoms with Gasteiger partial charge >= 0.3 is 0 Å². The highest BCUT2D eigenvalue weighted by molar-refractivity contribution is 6.39. The van der Waals surface area contributed by atoms with Crippen LogP contribution < -0.4 is 5.32 Å². The molecule has 2 aliphatic heterocycles. The Morgan fingerprint density at radius 3 is 2.95 bits per heavy atom. The summed E-state index contributed by atoms with van der Waals surface area (Å²) in [6.07, 6.45) is 1.52. The minimum absolute atomic E-state index is 0.0439. The molecule has 1 fully saturated rings. The molecule has 106 valence electrons. The molecule has 0 unspecified atom stereocenters. The molecule has 5 nitrogen and oxygen atoms in total. The third kappa shape index (κ3) is 2.54. The Morgan fingerprint density at radius 2 is 2.25 bits per heavy atom. The van der Waals surface area contributed by atoms with Crippen LogP contribution in [-0.4, -0.2) is 42.3 Å². The van der Waals surface area contributed by atoms with Crippen LogP contribution in [0.15, 0.2) is 35.5 Å². The summed E-state index contributed by atoms with van der Waals surface area (Å²) in [5.41, 5.74) is 1.37. The third-order valence-electron chi connectivity index (χ3n) is 3.90. The molecule has 1 spiro atoms. The first kappa shape index (κ1) is 13.1. The van der Waals surface area contributed by atoms with Gasteiger partial charge in [-0.3, -0.25) is 4.79 Å². The van der Waals surface area contributed by atoms with Gasteiger partial charge in [0, 0.05) is 33.0 Å². The number of hydrogen-bond donors (Lipinski definition) is 1. The van der Waals surface area contributed by atoms with Crippen molar-refractivity contribution in [2.45, 2.75) is 25.0 Å². The van der Waals surface area contributed by atoms with Crippen molar-refractivity contribution < 1.29 is 9.63 Å². The van der Waals surface area contributed by atoms with Gasteiger partial charge in [-0.2, -0.15) is 0 Å². The van der Waals surface area contributed by atoms with Gasteiger partial charge in [0.05, 0.1) is 0 Å². The maximum atomic E-state index is 12.4. The molecule has 2 heterocycles. The van der Waals surface area contributed by atoms with Gasteiger partial charge in [0.2, 0.25) is 0 Å². The van der Waals surface area contributed by atoms with E-state index in [0.717, 1.165) is 25.1 Å². The molecule has 1 saturated heterocycles. The molecule has 20 heavy (non-hydrogen) atoms. The van der Waals surface area contributed by atoms with Gasteiger partial charge in [0.1, 0.15) is 5.71 Å². The summed E-state index contributed by atoms with van der Waals surface area (Å²) >= 11 is 0. The zero-order valence-electron chi connectivity index (χ0n) is 11.6. The van der Waals surface area contributed by atoms with Crippen LogP contribution in [0.3, 0.4) is 0 Å². The number of amides is 1. The average Bonchev–Trinajstić information content (AvgIpc) is 3.10. The Bertz CT molecular complexity index is 521. The molecule has 0 saturated carbocycles. The molecule has 3 rings (SSSR count). The van der Waals surface area contributed by atoms with Crippen molar-refractivity contribution in [3.8, 4) is 0 Å². The number of nitrogens with one attached hydrogen (secondary N) is 1. The summed E-state index contributed by atoms with van der Waals surface area (Å²) in [6, 6.07) is 9.95. The van der Waals surface area contributed by atoms with E-state index >= 15 is 0 Å². The van der Waals surface area contributed by atoms with E-state index in [0.29, 0.717) is 18.7 Å². The molecule has 1 amide bonds. The van der Waals surface area contributed by atoms with Crippen molar-refractivity contribution in [3.05, 3.63) is 35.9 Å². The highest BCUT2D eigenvalue weighted by atomic mass is 16.7. The van der Waals surface area contributed by atoms with Crippen molar-refractivity contribution >= 4 is 11.6 Å². The number of benzene rings is 1. The minimum Gasteiger partial charge on any atom is -0.387 e. The Balaban J connectivity index is 1.62. The summed E-state index contributed by atoms with van der Waals surface area (Å²) in [5, 5.41) is 7.28.